The van der Waals surface area contributed by atoms with Gasteiger partial charge in [0.05, 0.1) is 6.20 Å². The first-order chi connectivity index (χ1) is 16.5. The van der Waals surface area contributed by atoms with Crippen LogP contribution in [0.4, 0.5) is 29.1 Å². The van der Waals surface area contributed by atoms with Crippen molar-refractivity contribution in [3.8, 4) is 6.07 Å². The van der Waals surface area contributed by atoms with E-state index in [1.165, 1.54) is 22.9 Å². The van der Waals surface area contributed by atoms with Gasteiger partial charge in [0.1, 0.15) is 23.3 Å². The predicted octanol–water partition coefficient (Wildman–Crippen LogP) is 3.65. The molecule has 4 heterocycles. The number of pyridine rings is 1. The Morgan fingerprint density at radius 2 is 2.00 bits per heavy atom. The molecule has 1 amide bonds. The van der Waals surface area contributed by atoms with Crippen LogP contribution in [0.15, 0.2) is 36.5 Å². The fourth-order valence-corrected chi connectivity index (χ4v) is 4.54. The van der Waals surface area contributed by atoms with Crippen molar-refractivity contribution in [2.45, 2.75) is 32.7 Å². The molecule has 2 aromatic heterocycles. The van der Waals surface area contributed by atoms with Crippen LogP contribution in [0.25, 0.3) is 0 Å². The Kier molecular flexibility index (Phi) is 5.82. The molecule has 3 aromatic rings. The lowest BCUT2D eigenvalue weighted by Crippen LogP contribution is -2.27. The second-order valence-corrected chi connectivity index (χ2v) is 8.77. The molecule has 1 saturated heterocycles. The fourth-order valence-electron chi connectivity index (χ4n) is 4.54. The van der Waals surface area contributed by atoms with Crippen LogP contribution >= 0.6 is 0 Å². The molecule has 2 aliphatic rings. The van der Waals surface area contributed by atoms with Crippen molar-refractivity contribution in [2.24, 2.45) is 0 Å². The second kappa shape index (κ2) is 9.08. The van der Waals surface area contributed by atoms with Gasteiger partial charge in [-0.3, -0.25) is 9.69 Å². The van der Waals surface area contributed by atoms with E-state index in [0.29, 0.717) is 41.9 Å². The van der Waals surface area contributed by atoms with Gasteiger partial charge in [-0.1, -0.05) is 6.07 Å². The quantitative estimate of drug-likeness (QED) is 0.601. The standard InChI is InChI=1S/C25H26N8O/c1-16-11-19(12-17-15-32(2)10-8-20(16)17)28-25-27-14-18(13-26)24(31-25)30-21-5-3-6-22(29-21)33-9-4-7-23(33)34/h3,5-6,11-12,14H,4,7-10,15H2,1-2H3,(H2,27,28,29,30,31). The molecular formula is C25H26N8O. The second-order valence-electron chi connectivity index (χ2n) is 8.77. The summed E-state index contributed by atoms with van der Waals surface area (Å²) in [4.78, 5) is 29.5. The van der Waals surface area contributed by atoms with Gasteiger partial charge in [0.25, 0.3) is 0 Å². The molecule has 5 rings (SSSR count). The van der Waals surface area contributed by atoms with Crippen LogP contribution in [0, 0.1) is 18.3 Å². The van der Waals surface area contributed by atoms with Gasteiger partial charge in [0, 0.05) is 31.7 Å². The number of nitrogens with zero attached hydrogens (tertiary/aromatic N) is 6. The summed E-state index contributed by atoms with van der Waals surface area (Å²) in [6, 6.07) is 11.8. The number of fused-ring (bicyclic) bond motifs is 1. The van der Waals surface area contributed by atoms with E-state index in [1.54, 1.807) is 11.0 Å². The molecule has 34 heavy (non-hydrogen) atoms. The van der Waals surface area contributed by atoms with Gasteiger partial charge in [-0.05, 0) is 67.8 Å². The molecule has 0 atom stereocenters. The largest absolute Gasteiger partial charge is 0.324 e. The molecule has 1 aromatic carbocycles. The number of carbonyl (C=O) groups is 1. The minimum atomic E-state index is 0.0717. The topological polar surface area (TPSA) is 110 Å². The fraction of sp³-hybridized carbons (Fsp3) is 0.320. The van der Waals surface area contributed by atoms with Crippen LogP contribution in [0.2, 0.25) is 0 Å². The maximum atomic E-state index is 12.1. The lowest BCUT2D eigenvalue weighted by Gasteiger charge is -2.27. The SMILES string of the molecule is Cc1cc(Nc2ncc(C#N)c(Nc3cccc(N4CCCC4=O)n3)n2)cc2c1CCN(C)C2. The van der Waals surface area contributed by atoms with E-state index in [-0.39, 0.29) is 5.91 Å². The molecule has 2 aliphatic heterocycles. The first kappa shape index (κ1) is 21.8. The monoisotopic (exact) mass is 454 g/mol. The molecule has 0 bridgehead atoms. The Labute approximate surface area is 198 Å². The van der Waals surface area contributed by atoms with E-state index in [4.69, 9.17) is 0 Å². The number of rotatable bonds is 5. The summed E-state index contributed by atoms with van der Waals surface area (Å²) in [7, 11) is 2.13. The summed E-state index contributed by atoms with van der Waals surface area (Å²) in [5, 5.41) is 16.0. The zero-order valence-corrected chi connectivity index (χ0v) is 19.3. The van der Waals surface area contributed by atoms with Gasteiger partial charge < -0.3 is 15.5 Å². The molecular weight excluding hydrogens is 428 g/mol. The smallest absolute Gasteiger partial charge is 0.229 e. The summed E-state index contributed by atoms with van der Waals surface area (Å²) >= 11 is 0. The van der Waals surface area contributed by atoms with E-state index < -0.39 is 0 Å². The normalized spacial score (nSPS) is 15.7. The van der Waals surface area contributed by atoms with Crippen molar-refractivity contribution >= 4 is 35.0 Å². The Bertz CT molecular complexity index is 1300. The van der Waals surface area contributed by atoms with Gasteiger partial charge in [-0.25, -0.2) is 9.97 Å². The number of hydrogen-bond donors (Lipinski definition) is 2. The van der Waals surface area contributed by atoms with Crippen LogP contribution in [-0.4, -0.2) is 45.9 Å². The summed E-state index contributed by atoms with van der Waals surface area (Å²) in [6.07, 6.45) is 3.91. The van der Waals surface area contributed by atoms with Crippen LogP contribution in [0.3, 0.4) is 0 Å². The molecule has 0 saturated carbocycles. The molecule has 0 spiro atoms. The average Bonchev–Trinajstić information content (AvgIpc) is 3.25. The highest BCUT2D eigenvalue weighted by molar-refractivity contribution is 5.94. The third-order valence-electron chi connectivity index (χ3n) is 6.25. The Hall–Kier alpha value is -4.03. The van der Waals surface area contributed by atoms with Crippen molar-refractivity contribution in [1.29, 1.82) is 5.26 Å². The number of nitriles is 1. The Morgan fingerprint density at radius 3 is 2.79 bits per heavy atom. The van der Waals surface area contributed by atoms with Gasteiger partial charge in [-0.2, -0.15) is 10.2 Å². The summed E-state index contributed by atoms with van der Waals surface area (Å²) < 4.78 is 0. The number of benzene rings is 1. The lowest BCUT2D eigenvalue weighted by atomic mass is 9.94. The third-order valence-corrected chi connectivity index (χ3v) is 6.25. The van der Waals surface area contributed by atoms with Crippen LogP contribution in [0.1, 0.15) is 35.1 Å². The molecule has 0 radical (unpaired) electrons. The van der Waals surface area contributed by atoms with Crippen LogP contribution in [-0.2, 0) is 17.8 Å². The summed E-state index contributed by atoms with van der Waals surface area (Å²) in [6.45, 7) is 4.77. The Morgan fingerprint density at radius 1 is 1.12 bits per heavy atom. The number of nitrogens with one attached hydrogen (secondary N) is 2. The molecule has 0 aliphatic carbocycles. The highest BCUT2D eigenvalue weighted by Crippen LogP contribution is 2.28. The Balaban J connectivity index is 1.40. The molecule has 1 fully saturated rings. The number of hydrogen-bond acceptors (Lipinski definition) is 8. The molecule has 9 heteroatoms. The number of carbonyl (C=O) groups excluding carboxylic acids is 1. The van der Waals surface area contributed by atoms with Crippen molar-refractivity contribution in [2.75, 3.05) is 35.7 Å². The van der Waals surface area contributed by atoms with Gasteiger partial charge >= 0.3 is 0 Å². The van der Waals surface area contributed by atoms with Crippen LogP contribution in [0.5, 0.6) is 0 Å². The first-order valence-electron chi connectivity index (χ1n) is 11.4. The molecule has 9 nitrogen and oxygen atoms in total. The number of aromatic nitrogens is 3. The number of amides is 1. The highest BCUT2D eigenvalue weighted by atomic mass is 16.2. The van der Waals surface area contributed by atoms with E-state index in [0.717, 1.165) is 31.6 Å². The van der Waals surface area contributed by atoms with Crippen molar-refractivity contribution < 1.29 is 4.79 Å². The first-order valence-corrected chi connectivity index (χ1v) is 11.4. The van der Waals surface area contributed by atoms with E-state index in [1.807, 2.05) is 12.1 Å². The lowest BCUT2D eigenvalue weighted by molar-refractivity contribution is -0.117. The van der Waals surface area contributed by atoms with E-state index in [9.17, 15) is 10.1 Å². The summed E-state index contributed by atoms with van der Waals surface area (Å²) in [5.74, 6) is 1.91. The minimum absolute atomic E-state index is 0.0717. The maximum Gasteiger partial charge on any atom is 0.229 e. The highest BCUT2D eigenvalue weighted by Gasteiger charge is 2.23. The van der Waals surface area contributed by atoms with Gasteiger partial charge in [0.15, 0.2) is 5.82 Å². The molecule has 0 unspecified atom stereocenters. The van der Waals surface area contributed by atoms with E-state index >= 15 is 0 Å². The zero-order valence-electron chi connectivity index (χ0n) is 19.3. The molecule has 172 valence electrons. The van der Waals surface area contributed by atoms with Crippen LogP contribution < -0.4 is 15.5 Å². The third kappa shape index (κ3) is 4.40. The maximum absolute atomic E-state index is 12.1. The van der Waals surface area contributed by atoms with Gasteiger partial charge in [-0.15, -0.1) is 0 Å². The summed E-state index contributed by atoms with van der Waals surface area (Å²) in [5.41, 5.74) is 5.18. The molecule has 2 N–H and O–H groups in total. The predicted molar refractivity (Wildman–Crippen MR) is 130 cm³/mol. The van der Waals surface area contributed by atoms with E-state index in [2.05, 4.69) is 62.7 Å². The number of likely N-dealkylation sites (N-methyl/N-ethyl adjacent to an activating group) is 1. The zero-order chi connectivity index (χ0) is 23.7. The number of anilines is 5. The number of aryl methyl sites for hydroxylation is 1. The average molecular weight is 455 g/mol. The van der Waals surface area contributed by atoms with Gasteiger partial charge in [0.2, 0.25) is 11.9 Å². The van der Waals surface area contributed by atoms with Crippen molar-refractivity contribution in [3.63, 3.8) is 0 Å². The van der Waals surface area contributed by atoms with Crippen molar-refractivity contribution in [1.82, 2.24) is 19.9 Å². The van der Waals surface area contributed by atoms with Crippen molar-refractivity contribution in [3.05, 3.63) is 58.8 Å². The minimum Gasteiger partial charge on any atom is -0.324 e.